The summed E-state index contributed by atoms with van der Waals surface area (Å²) >= 11 is 0. The van der Waals surface area contributed by atoms with Crippen LogP contribution in [0.1, 0.15) is 11.3 Å². The molecule has 1 saturated heterocycles. The standard InChI is InChI=1S/C11H16N4O2/c16-11-13-9-1-2-12-7-8(9)10(14-11)15-3-5-17-6-4-15/h12H,1-7H2,(H,13,14,16). The van der Waals surface area contributed by atoms with Gasteiger partial charge in [-0.05, 0) is 0 Å². The lowest BCUT2D eigenvalue weighted by Crippen LogP contribution is -2.40. The minimum atomic E-state index is -0.243. The van der Waals surface area contributed by atoms with E-state index in [1.165, 1.54) is 0 Å². The number of ether oxygens (including phenoxy) is 1. The molecule has 0 radical (unpaired) electrons. The maximum absolute atomic E-state index is 11.6. The number of fused-ring (bicyclic) bond motifs is 1. The average molecular weight is 236 g/mol. The van der Waals surface area contributed by atoms with Crippen LogP contribution >= 0.6 is 0 Å². The summed E-state index contributed by atoms with van der Waals surface area (Å²) in [6.45, 7) is 4.72. The highest BCUT2D eigenvalue weighted by atomic mass is 16.5. The number of nitrogens with one attached hydrogen (secondary N) is 2. The van der Waals surface area contributed by atoms with Crippen LogP contribution in [0.3, 0.4) is 0 Å². The Morgan fingerprint density at radius 1 is 1.29 bits per heavy atom. The predicted molar refractivity (Wildman–Crippen MR) is 63.3 cm³/mol. The van der Waals surface area contributed by atoms with Crippen LogP contribution in [0.5, 0.6) is 0 Å². The highest BCUT2D eigenvalue weighted by Gasteiger charge is 2.21. The third-order valence-corrected chi connectivity index (χ3v) is 3.26. The molecule has 6 nitrogen and oxygen atoms in total. The van der Waals surface area contributed by atoms with Gasteiger partial charge in [0, 0.05) is 43.9 Å². The summed E-state index contributed by atoms with van der Waals surface area (Å²) in [5, 5.41) is 3.32. The first-order valence-electron chi connectivity index (χ1n) is 6.00. The zero-order valence-electron chi connectivity index (χ0n) is 9.66. The number of hydrogen-bond acceptors (Lipinski definition) is 5. The van der Waals surface area contributed by atoms with Crippen LogP contribution in [0.4, 0.5) is 5.82 Å². The summed E-state index contributed by atoms with van der Waals surface area (Å²) in [5.74, 6) is 0.833. The molecule has 0 atom stereocenters. The van der Waals surface area contributed by atoms with Gasteiger partial charge in [-0.1, -0.05) is 0 Å². The van der Waals surface area contributed by atoms with E-state index in [9.17, 15) is 4.79 Å². The number of rotatable bonds is 1. The van der Waals surface area contributed by atoms with Crippen LogP contribution in [0, 0.1) is 0 Å². The molecular formula is C11H16N4O2. The topological polar surface area (TPSA) is 70.2 Å². The van der Waals surface area contributed by atoms with Crippen molar-refractivity contribution in [1.29, 1.82) is 0 Å². The Labute approximate surface area is 99.0 Å². The molecule has 2 N–H and O–H groups in total. The van der Waals surface area contributed by atoms with Crippen LogP contribution in [0.25, 0.3) is 0 Å². The third kappa shape index (κ3) is 2.05. The molecule has 0 spiro atoms. The fraction of sp³-hybridized carbons (Fsp3) is 0.636. The van der Waals surface area contributed by atoms with Crippen molar-refractivity contribution in [3.8, 4) is 0 Å². The smallest absolute Gasteiger partial charge is 0.347 e. The van der Waals surface area contributed by atoms with E-state index in [1.807, 2.05) is 0 Å². The van der Waals surface area contributed by atoms with Gasteiger partial charge in [-0.2, -0.15) is 4.98 Å². The molecule has 1 fully saturated rings. The van der Waals surface area contributed by atoms with Gasteiger partial charge in [0.25, 0.3) is 0 Å². The summed E-state index contributed by atoms with van der Waals surface area (Å²) in [6.07, 6.45) is 0.866. The highest BCUT2D eigenvalue weighted by Crippen LogP contribution is 2.21. The van der Waals surface area contributed by atoms with E-state index in [0.717, 1.165) is 49.7 Å². The summed E-state index contributed by atoms with van der Waals surface area (Å²) < 4.78 is 5.32. The molecule has 2 aliphatic rings. The van der Waals surface area contributed by atoms with Crippen LogP contribution in [0.15, 0.2) is 4.79 Å². The van der Waals surface area contributed by atoms with Crippen LogP contribution < -0.4 is 15.9 Å². The maximum Gasteiger partial charge on any atom is 0.347 e. The Morgan fingerprint density at radius 3 is 2.94 bits per heavy atom. The number of anilines is 1. The molecule has 6 heteroatoms. The Hall–Kier alpha value is -1.40. The number of morpholine rings is 1. The quantitative estimate of drug-likeness (QED) is 0.671. The molecule has 0 saturated carbocycles. The van der Waals surface area contributed by atoms with Crippen molar-refractivity contribution in [2.45, 2.75) is 13.0 Å². The zero-order chi connectivity index (χ0) is 11.7. The number of aromatic nitrogens is 2. The molecule has 0 unspecified atom stereocenters. The van der Waals surface area contributed by atoms with Gasteiger partial charge < -0.3 is 19.9 Å². The van der Waals surface area contributed by atoms with Crippen molar-refractivity contribution < 1.29 is 4.74 Å². The second-order valence-corrected chi connectivity index (χ2v) is 4.35. The van der Waals surface area contributed by atoms with Crippen LogP contribution in [0.2, 0.25) is 0 Å². The van der Waals surface area contributed by atoms with Crippen molar-refractivity contribution in [1.82, 2.24) is 15.3 Å². The van der Waals surface area contributed by atoms with Gasteiger partial charge in [0.15, 0.2) is 0 Å². The van der Waals surface area contributed by atoms with Gasteiger partial charge in [0.1, 0.15) is 5.82 Å². The van der Waals surface area contributed by atoms with E-state index in [0.29, 0.717) is 13.2 Å². The Balaban J connectivity index is 2.01. The normalized spacial score (nSPS) is 20.1. The molecule has 1 aromatic heterocycles. The van der Waals surface area contributed by atoms with E-state index in [2.05, 4.69) is 20.2 Å². The second kappa shape index (κ2) is 4.46. The Kier molecular flexibility index (Phi) is 2.82. The molecular weight excluding hydrogens is 220 g/mol. The molecule has 3 heterocycles. The highest BCUT2D eigenvalue weighted by molar-refractivity contribution is 5.49. The second-order valence-electron chi connectivity index (χ2n) is 4.35. The van der Waals surface area contributed by atoms with Gasteiger partial charge in [0.2, 0.25) is 0 Å². The Morgan fingerprint density at radius 2 is 2.12 bits per heavy atom. The molecule has 17 heavy (non-hydrogen) atoms. The summed E-state index contributed by atoms with van der Waals surface area (Å²) in [4.78, 5) is 20.7. The van der Waals surface area contributed by atoms with E-state index in [1.54, 1.807) is 0 Å². The molecule has 2 aliphatic heterocycles. The number of aromatic amines is 1. The summed E-state index contributed by atoms with van der Waals surface area (Å²) in [5.41, 5.74) is 1.93. The zero-order valence-corrected chi connectivity index (χ0v) is 9.66. The van der Waals surface area contributed by atoms with Crippen molar-refractivity contribution in [2.75, 3.05) is 37.7 Å². The van der Waals surface area contributed by atoms with E-state index in [-0.39, 0.29) is 5.69 Å². The van der Waals surface area contributed by atoms with Gasteiger partial charge >= 0.3 is 5.69 Å². The van der Waals surface area contributed by atoms with Crippen LogP contribution in [-0.2, 0) is 17.7 Å². The molecule has 1 aromatic rings. The molecule has 0 aliphatic carbocycles. The SMILES string of the molecule is O=c1nc(N2CCOCC2)c2c([nH]1)CCNC2. The van der Waals surface area contributed by atoms with Gasteiger partial charge in [-0.15, -0.1) is 0 Å². The minimum Gasteiger partial charge on any atom is -0.378 e. The first kappa shape index (κ1) is 10.7. The van der Waals surface area contributed by atoms with Crippen LogP contribution in [-0.4, -0.2) is 42.8 Å². The van der Waals surface area contributed by atoms with E-state index >= 15 is 0 Å². The first-order chi connectivity index (χ1) is 8.34. The lowest BCUT2D eigenvalue weighted by molar-refractivity contribution is 0.122. The van der Waals surface area contributed by atoms with Gasteiger partial charge in [-0.3, -0.25) is 0 Å². The predicted octanol–water partition coefficient (Wildman–Crippen LogP) is -0.748. The fourth-order valence-electron chi connectivity index (χ4n) is 2.39. The maximum atomic E-state index is 11.6. The molecule has 0 amide bonds. The van der Waals surface area contributed by atoms with E-state index < -0.39 is 0 Å². The van der Waals surface area contributed by atoms with Crippen molar-refractivity contribution in [3.05, 3.63) is 21.7 Å². The summed E-state index contributed by atoms with van der Waals surface area (Å²) in [6, 6.07) is 0. The largest absolute Gasteiger partial charge is 0.378 e. The van der Waals surface area contributed by atoms with E-state index in [4.69, 9.17) is 4.74 Å². The molecule has 92 valence electrons. The molecule has 0 bridgehead atoms. The van der Waals surface area contributed by atoms with Crippen molar-refractivity contribution >= 4 is 5.82 Å². The third-order valence-electron chi connectivity index (χ3n) is 3.26. The monoisotopic (exact) mass is 236 g/mol. The summed E-state index contributed by atoms with van der Waals surface area (Å²) in [7, 11) is 0. The molecule has 3 rings (SSSR count). The Bertz CT molecular complexity index is 465. The average Bonchev–Trinajstić information content (AvgIpc) is 2.39. The first-order valence-corrected chi connectivity index (χ1v) is 6.00. The lowest BCUT2D eigenvalue weighted by atomic mass is 10.1. The minimum absolute atomic E-state index is 0.243. The van der Waals surface area contributed by atoms with Crippen molar-refractivity contribution in [3.63, 3.8) is 0 Å². The van der Waals surface area contributed by atoms with Gasteiger partial charge in [0.05, 0.1) is 13.2 Å². The number of nitrogens with zero attached hydrogens (tertiary/aromatic N) is 2. The van der Waals surface area contributed by atoms with Gasteiger partial charge in [-0.25, -0.2) is 4.79 Å². The van der Waals surface area contributed by atoms with Crippen molar-refractivity contribution in [2.24, 2.45) is 0 Å². The fourth-order valence-corrected chi connectivity index (χ4v) is 2.39. The lowest BCUT2D eigenvalue weighted by Gasteiger charge is -2.31. The number of hydrogen-bond donors (Lipinski definition) is 2. The molecule has 0 aromatic carbocycles. The number of H-pyrrole nitrogens is 1.